The van der Waals surface area contributed by atoms with E-state index in [1.807, 2.05) is 36.4 Å². The Balaban J connectivity index is 1.58. The van der Waals surface area contributed by atoms with Gasteiger partial charge in [0.05, 0.1) is 13.3 Å². The molecule has 1 N–H and O–H groups in total. The highest BCUT2D eigenvalue weighted by atomic mass is 16.5. The lowest BCUT2D eigenvalue weighted by Crippen LogP contribution is -2.02. The third-order valence-corrected chi connectivity index (χ3v) is 4.61. The molecule has 0 saturated heterocycles. The van der Waals surface area contributed by atoms with Crippen LogP contribution in [0.5, 0.6) is 5.75 Å². The lowest BCUT2D eigenvalue weighted by Gasteiger charge is -2.08. The first-order chi connectivity index (χ1) is 13.3. The number of methoxy groups -OCH3 is 1. The Morgan fingerprint density at radius 3 is 2.74 bits per heavy atom. The third kappa shape index (κ3) is 2.97. The minimum absolute atomic E-state index is 0.442. The van der Waals surface area contributed by atoms with Crippen molar-refractivity contribution in [2.75, 3.05) is 12.4 Å². The van der Waals surface area contributed by atoms with Gasteiger partial charge in [-0.1, -0.05) is 6.07 Å². The summed E-state index contributed by atoms with van der Waals surface area (Å²) < 4.78 is 7.50. The van der Waals surface area contributed by atoms with Crippen molar-refractivity contribution in [2.24, 2.45) is 0 Å². The molecule has 1 aliphatic carbocycles. The van der Waals surface area contributed by atoms with Crippen molar-refractivity contribution in [3.63, 3.8) is 0 Å². The fourth-order valence-electron chi connectivity index (χ4n) is 3.16. The van der Waals surface area contributed by atoms with E-state index in [4.69, 9.17) is 14.7 Å². The Hall–Kier alpha value is -3.48. The Labute approximate surface area is 156 Å². The zero-order valence-corrected chi connectivity index (χ0v) is 14.8. The maximum Gasteiger partial charge on any atom is 0.229 e. The van der Waals surface area contributed by atoms with Crippen LogP contribution in [-0.4, -0.2) is 31.6 Å². The number of pyridine rings is 1. The van der Waals surface area contributed by atoms with E-state index in [1.54, 1.807) is 25.7 Å². The quantitative estimate of drug-likeness (QED) is 0.581. The number of benzene rings is 1. The molecule has 1 fully saturated rings. The standard InChI is InChI=1S/C20H18N6O/c1-27-16-4-2-3-14(11-16)23-20-22-12-17-19(25-20)26(15-5-6-15)18(24-17)13-7-9-21-10-8-13/h2-4,7-12,15H,5-6H2,1H3,(H,22,23,25). The van der Waals surface area contributed by atoms with Gasteiger partial charge in [0.1, 0.15) is 17.1 Å². The molecule has 0 spiro atoms. The van der Waals surface area contributed by atoms with E-state index in [1.165, 1.54) is 0 Å². The predicted octanol–water partition coefficient (Wildman–Crippen LogP) is 3.98. The van der Waals surface area contributed by atoms with E-state index in [-0.39, 0.29) is 0 Å². The van der Waals surface area contributed by atoms with Crippen molar-refractivity contribution in [1.29, 1.82) is 0 Å². The molecule has 0 radical (unpaired) electrons. The Morgan fingerprint density at radius 1 is 1.11 bits per heavy atom. The van der Waals surface area contributed by atoms with Gasteiger partial charge < -0.3 is 14.6 Å². The molecule has 27 heavy (non-hydrogen) atoms. The zero-order valence-electron chi connectivity index (χ0n) is 14.8. The van der Waals surface area contributed by atoms with Crippen molar-refractivity contribution in [1.82, 2.24) is 24.5 Å². The van der Waals surface area contributed by atoms with Crippen LogP contribution in [0.4, 0.5) is 11.6 Å². The van der Waals surface area contributed by atoms with Crippen LogP contribution in [0.25, 0.3) is 22.6 Å². The highest BCUT2D eigenvalue weighted by molar-refractivity contribution is 5.78. The summed E-state index contributed by atoms with van der Waals surface area (Å²) in [6, 6.07) is 12.1. The van der Waals surface area contributed by atoms with Crippen LogP contribution in [0, 0.1) is 0 Å². The third-order valence-electron chi connectivity index (χ3n) is 4.61. The normalized spacial score (nSPS) is 13.7. The van der Waals surface area contributed by atoms with E-state index < -0.39 is 0 Å². The summed E-state index contributed by atoms with van der Waals surface area (Å²) in [4.78, 5) is 18.1. The zero-order chi connectivity index (χ0) is 18.2. The van der Waals surface area contributed by atoms with Crippen LogP contribution >= 0.6 is 0 Å². The molecule has 1 aromatic carbocycles. The van der Waals surface area contributed by atoms with Crippen LogP contribution < -0.4 is 10.1 Å². The molecule has 7 heteroatoms. The fourth-order valence-corrected chi connectivity index (χ4v) is 3.16. The first-order valence-corrected chi connectivity index (χ1v) is 8.88. The number of rotatable bonds is 5. The van der Waals surface area contributed by atoms with Crippen molar-refractivity contribution in [3.05, 3.63) is 55.0 Å². The van der Waals surface area contributed by atoms with Gasteiger partial charge in [-0.05, 0) is 37.1 Å². The average molecular weight is 358 g/mol. The average Bonchev–Trinajstić information content (AvgIpc) is 3.49. The van der Waals surface area contributed by atoms with Crippen LogP contribution in [0.15, 0.2) is 55.0 Å². The van der Waals surface area contributed by atoms with Gasteiger partial charge in [0.2, 0.25) is 5.95 Å². The van der Waals surface area contributed by atoms with E-state index in [0.29, 0.717) is 12.0 Å². The van der Waals surface area contributed by atoms with Crippen molar-refractivity contribution < 1.29 is 4.74 Å². The minimum atomic E-state index is 0.442. The van der Waals surface area contributed by atoms with Gasteiger partial charge in [0, 0.05) is 35.8 Å². The van der Waals surface area contributed by atoms with E-state index in [9.17, 15) is 0 Å². The number of nitrogens with zero attached hydrogens (tertiary/aromatic N) is 5. The van der Waals surface area contributed by atoms with Crippen molar-refractivity contribution in [2.45, 2.75) is 18.9 Å². The van der Waals surface area contributed by atoms with Gasteiger partial charge in [-0.15, -0.1) is 0 Å². The molecule has 4 aromatic rings. The summed E-state index contributed by atoms with van der Waals surface area (Å²) in [6.45, 7) is 0. The molecule has 3 heterocycles. The molecule has 0 unspecified atom stereocenters. The highest BCUT2D eigenvalue weighted by Crippen LogP contribution is 2.40. The van der Waals surface area contributed by atoms with E-state index in [0.717, 1.165) is 46.8 Å². The van der Waals surface area contributed by atoms with Crippen molar-refractivity contribution in [3.8, 4) is 17.1 Å². The first kappa shape index (κ1) is 15.7. The van der Waals surface area contributed by atoms with E-state index >= 15 is 0 Å². The minimum Gasteiger partial charge on any atom is -0.497 e. The summed E-state index contributed by atoms with van der Waals surface area (Å²) in [5, 5.41) is 3.25. The Kier molecular flexibility index (Phi) is 3.71. The Bertz CT molecular complexity index is 1100. The molecule has 3 aromatic heterocycles. The van der Waals surface area contributed by atoms with Crippen LogP contribution in [-0.2, 0) is 0 Å². The van der Waals surface area contributed by atoms with Gasteiger partial charge >= 0.3 is 0 Å². The molecule has 0 amide bonds. The van der Waals surface area contributed by atoms with Gasteiger partial charge in [-0.2, -0.15) is 4.98 Å². The monoisotopic (exact) mass is 358 g/mol. The summed E-state index contributed by atoms with van der Waals surface area (Å²) in [5.74, 6) is 2.24. The molecular weight excluding hydrogens is 340 g/mol. The number of fused-ring (bicyclic) bond motifs is 1. The highest BCUT2D eigenvalue weighted by Gasteiger charge is 2.29. The maximum absolute atomic E-state index is 5.27. The number of hydrogen-bond donors (Lipinski definition) is 1. The molecule has 134 valence electrons. The molecule has 7 nitrogen and oxygen atoms in total. The van der Waals surface area contributed by atoms with Crippen LogP contribution in [0.3, 0.4) is 0 Å². The summed E-state index contributed by atoms with van der Waals surface area (Å²) in [6.07, 6.45) is 7.63. The predicted molar refractivity (Wildman–Crippen MR) is 103 cm³/mol. The van der Waals surface area contributed by atoms with Gasteiger partial charge in [0.15, 0.2) is 5.65 Å². The molecule has 0 bridgehead atoms. The molecule has 1 aliphatic rings. The topological polar surface area (TPSA) is 77.8 Å². The largest absolute Gasteiger partial charge is 0.497 e. The Morgan fingerprint density at radius 2 is 1.96 bits per heavy atom. The molecule has 0 aliphatic heterocycles. The summed E-state index contributed by atoms with van der Waals surface area (Å²) in [7, 11) is 1.65. The number of ether oxygens (including phenoxy) is 1. The number of aromatic nitrogens is 5. The molecule has 0 atom stereocenters. The maximum atomic E-state index is 5.27. The molecule has 5 rings (SSSR count). The van der Waals surface area contributed by atoms with Crippen LogP contribution in [0.2, 0.25) is 0 Å². The fraction of sp³-hybridized carbons (Fsp3) is 0.200. The second kappa shape index (κ2) is 6.35. The summed E-state index contributed by atoms with van der Waals surface area (Å²) >= 11 is 0. The van der Waals surface area contributed by atoms with Gasteiger partial charge in [-0.3, -0.25) is 4.98 Å². The SMILES string of the molecule is COc1cccc(Nc2ncc3nc(-c4ccncc4)n(C4CC4)c3n2)c1. The second-order valence-electron chi connectivity index (χ2n) is 6.53. The summed E-state index contributed by atoms with van der Waals surface area (Å²) in [5.41, 5.74) is 3.56. The van der Waals surface area contributed by atoms with Crippen LogP contribution in [0.1, 0.15) is 18.9 Å². The number of nitrogens with one attached hydrogen (secondary N) is 1. The number of hydrogen-bond acceptors (Lipinski definition) is 6. The van der Waals surface area contributed by atoms with E-state index in [2.05, 4.69) is 19.9 Å². The molecular formula is C20H18N6O. The number of imidazole rings is 1. The molecule has 1 saturated carbocycles. The van der Waals surface area contributed by atoms with Gasteiger partial charge in [0.25, 0.3) is 0 Å². The number of anilines is 2. The smallest absolute Gasteiger partial charge is 0.229 e. The van der Waals surface area contributed by atoms with Gasteiger partial charge in [-0.25, -0.2) is 9.97 Å². The lowest BCUT2D eigenvalue weighted by atomic mass is 10.2. The lowest BCUT2D eigenvalue weighted by molar-refractivity contribution is 0.415. The second-order valence-corrected chi connectivity index (χ2v) is 6.53. The van der Waals surface area contributed by atoms with Crippen molar-refractivity contribution >= 4 is 22.8 Å². The first-order valence-electron chi connectivity index (χ1n) is 8.88.